The van der Waals surface area contributed by atoms with Crippen LogP contribution < -0.4 is 10.9 Å². The molecule has 0 radical (unpaired) electrons. The van der Waals surface area contributed by atoms with E-state index in [2.05, 4.69) is 9.73 Å². The van der Waals surface area contributed by atoms with Gasteiger partial charge in [-0.15, -0.1) is 0 Å². The second-order valence-corrected chi connectivity index (χ2v) is 3.50. The molecular weight excluding hydrogens is 226 g/mol. The fourth-order valence-corrected chi connectivity index (χ4v) is 1.27. The summed E-state index contributed by atoms with van der Waals surface area (Å²) in [6, 6.07) is 1.45. The summed E-state index contributed by atoms with van der Waals surface area (Å²) in [6.45, 7) is 1.82. The highest BCUT2D eigenvalue weighted by atomic mass is 16.4. The summed E-state index contributed by atoms with van der Waals surface area (Å²) in [4.78, 5) is 33.1. The van der Waals surface area contributed by atoms with E-state index < -0.39 is 23.5 Å². The molecule has 1 rings (SSSR count). The second-order valence-electron chi connectivity index (χ2n) is 3.50. The van der Waals surface area contributed by atoms with Crippen LogP contribution in [-0.4, -0.2) is 23.0 Å². The molecule has 6 heteroatoms. The highest BCUT2D eigenvalue weighted by Gasteiger charge is 2.19. The number of hydrogen-bond acceptors (Lipinski definition) is 4. The first-order valence-electron chi connectivity index (χ1n) is 5.17. The van der Waals surface area contributed by atoms with Gasteiger partial charge in [-0.05, 0) is 12.5 Å². The lowest BCUT2D eigenvalue weighted by Gasteiger charge is -2.12. The lowest BCUT2D eigenvalue weighted by Crippen LogP contribution is -2.40. The van der Waals surface area contributed by atoms with Gasteiger partial charge in [0.1, 0.15) is 12.3 Å². The van der Waals surface area contributed by atoms with Crippen molar-refractivity contribution in [3.63, 3.8) is 0 Å². The average Bonchev–Trinajstić information content (AvgIpc) is 2.29. The first-order chi connectivity index (χ1) is 8.04. The summed E-state index contributed by atoms with van der Waals surface area (Å²) in [5.41, 5.74) is -0.447. The molecule has 92 valence electrons. The Morgan fingerprint density at radius 1 is 1.47 bits per heavy atom. The topological polar surface area (TPSA) is 96.6 Å². The molecule has 0 aromatic carbocycles. The average molecular weight is 239 g/mol. The molecule has 0 aliphatic rings. The maximum Gasteiger partial charge on any atom is 0.335 e. The van der Waals surface area contributed by atoms with Crippen molar-refractivity contribution in [1.29, 1.82) is 0 Å². The van der Waals surface area contributed by atoms with Crippen LogP contribution in [0.1, 0.15) is 30.1 Å². The molecule has 0 aliphatic heterocycles. The minimum atomic E-state index is -1.09. The molecule has 17 heavy (non-hydrogen) atoms. The number of carboxylic acids is 1. The van der Waals surface area contributed by atoms with Gasteiger partial charge < -0.3 is 14.8 Å². The maximum absolute atomic E-state index is 11.6. The van der Waals surface area contributed by atoms with Gasteiger partial charge in [0.25, 0.3) is 5.91 Å². The van der Waals surface area contributed by atoms with Gasteiger partial charge in [0, 0.05) is 6.07 Å². The molecule has 0 aliphatic carbocycles. The Balaban J connectivity index is 2.73. The van der Waals surface area contributed by atoms with Crippen molar-refractivity contribution in [2.75, 3.05) is 0 Å². The van der Waals surface area contributed by atoms with Crippen LogP contribution in [0.2, 0.25) is 0 Å². The molecule has 0 spiro atoms. The number of hydrogen-bond donors (Lipinski definition) is 2. The van der Waals surface area contributed by atoms with Gasteiger partial charge in [-0.2, -0.15) is 0 Å². The van der Waals surface area contributed by atoms with Crippen LogP contribution in [0.15, 0.2) is 27.6 Å². The zero-order valence-electron chi connectivity index (χ0n) is 9.30. The largest absolute Gasteiger partial charge is 0.480 e. The molecule has 2 N–H and O–H groups in total. The highest BCUT2D eigenvalue weighted by Crippen LogP contribution is 2.01. The molecule has 1 atom stereocenters. The molecule has 0 bridgehead atoms. The predicted octanol–water partition coefficient (Wildman–Crippen LogP) is 0.623. The Labute approximate surface area is 97.3 Å². The Bertz CT molecular complexity index is 445. The number of carbonyl (C=O) groups is 2. The predicted molar refractivity (Wildman–Crippen MR) is 58.8 cm³/mol. The summed E-state index contributed by atoms with van der Waals surface area (Å²) in [6.07, 6.45) is 1.99. The monoisotopic (exact) mass is 239 g/mol. The fraction of sp³-hybridized carbons (Fsp3) is 0.364. The van der Waals surface area contributed by atoms with Crippen molar-refractivity contribution in [3.8, 4) is 0 Å². The van der Waals surface area contributed by atoms with Crippen LogP contribution >= 0.6 is 0 Å². The van der Waals surface area contributed by atoms with Gasteiger partial charge in [0.15, 0.2) is 0 Å². The minimum absolute atomic E-state index is 0.118. The lowest BCUT2D eigenvalue weighted by atomic mass is 10.1. The van der Waals surface area contributed by atoms with E-state index >= 15 is 0 Å². The quantitative estimate of drug-likeness (QED) is 0.785. The Hall–Kier alpha value is -2.11. The standard InChI is InChI=1S/C11H13NO5/c1-2-3-8(11(15)16)12-10(14)7-4-5-9(13)17-6-7/h4-6,8H,2-3H2,1H3,(H,12,14)(H,15,16)/t8-/m1/s1. The summed E-state index contributed by atoms with van der Waals surface area (Å²) >= 11 is 0. The second kappa shape index (κ2) is 5.83. The molecule has 0 saturated carbocycles. The van der Waals surface area contributed by atoms with Crippen LogP contribution in [-0.2, 0) is 4.79 Å². The van der Waals surface area contributed by atoms with Crippen LogP contribution in [0, 0.1) is 0 Å². The van der Waals surface area contributed by atoms with Crippen molar-refractivity contribution in [1.82, 2.24) is 5.32 Å². The van der Waals surface area contributed by atoms with E-state index in [1.807, 2.05) is 6.92 Å². The number of carbonyl (C=O) groups excluding carboxylic acids is 1. The van der Waals surface area contributed by atoms with E-state index in [9.17, 15) is 14.4 Å². The third kappa shape index (κ3) is 3.75. The normalized spacial score (nSPS) is 11.8. The number of carboxylic acid groups (broad SMARTS) is 1. The molecule has 0 fully saturated rings. The van der Waals surface area contributed by atoms with E-state index in [-0.39, 0.29) is 5.56 Å². The SMILES string of the molecule is CCC[C@@H](NC(=O)c1ccc(=O)oc1)C(=O)O. The fourth-order valence-electron chi connectivity index (χ4n) is 1.27. The summed E-state index contributed by atoms with van der Waals surface area (Å²) in [5.74, 6) is -1.66. The van der Waals surface area contributed by atoms with E-state index in [1.54, 1.807) is 0 Å². The summed E-state index contributed by atoms with van der Waals surface area (Å²) in [7, 11) is 0. The van der Waals surface area contributed by atoms with Crippen LogP contribution in [0.25, 0.3) is 0 Å². The van der Waals surface area contributed by atoms with Gasteiger partial charge in [-0.3, -0.25) is 4.79 Å². The molecular formula is C11H13NO5. The number of amides is 1. The zero-order valence-corrected chi connectivity index (χ0v) is 9.30. The number of nitrogens with one attached hydrogen (secondary N) is 1. The van der Waals surface area contributed by atoms with Gasteiger partial charge in [0.2, 0.25) is 0 Å². The molecule has 1 aromatic heterocycles. The summed E-state index contributed by atoms with van der Waals surface area (Å²) in [5, 5.41) is 11.2. The smallest absolute Gasteiger partial charge is 0.335 e. The molecule has 0 unspecified atom stereocenters. The van der Waals surface area contributed by atoms with Crippen LogP contribution in [0.4, 0.5) is 0 Å². The number of rotatable bonds is 5. The van der Waals surface area contributed by atoms with E-state index in [1.165, 1.54) is 6.07 Å². The molecule has 0 saturated heterocycles. The number of aliphatic carboxylic acids is 1. The minimum Gasteiger partial charge on any atom is -0.480 e. The van der Waals surface area contributed by atoms with Gasteiger partial charge in [-0.25, -0.2) is 9.59 Å². The molecule has 1 aromatic rings. The van der Waals surface area contributed by atoms with Crippen LogP contribution in [0.3, 0.4) is 0 Å². The van der Waals surface area contributed by atoms with Crippen molar-refractivity contribution in [2.45, 2.75) is 25.8 Å². The van der Waals surface area contributed by atoms with Crippen molar-refractivity contribution in [3.05, 3.63) is 34.4 Å². The van der Waals surface area contributed by atoms with Gasteiger partial charge in [-0.1, -0.05) is 13.3 Å². The van der Waals surface area contributed by atoms with E-state index in [0.29, 0.717) is 12.8 Å². The van der Waals surface area contributed by atoms with E-state index in [4.69, 9.17) is 5.11 Å². The van der Waals surface area contributed by atoms with Gasteiger partial charge >= 0.3 is 11.6 Å². The van der Waals surface area contributed by atoms with E-state index in [0.717, 1.165) is 12.3 Å². The zero-order chi connectivity index (χ0) is 12.8. The Morgan fingerprint density at radius 2 is 2.18 bits per heavy atom. The van der Waals surface area contributed by atoms with Crippen LogP contribution in [0.5, 0.6) is 0 Å². The molecule has 6 nitrogen and oxygen atoms in total. The van der Waals surface area contributed by atoms with Gasteiger partial charge in [0.05, 0.1) is 5.56 Å². The maximum atomic E-state index is 11.6. The Morgan fingerprint density at radius 3 is 2.65 bits per heavy atom. The third-order valence-corrected chi connectivity index (χ3v) is 2.14. The summed E-state index contributed by atoms with van der Waals surface area (Å²) < 4.78 is 4.52. The van der Waals surface area contributed by atoms with Crippen molar-refractivity contribution in [2.24, 2.45) is 0 Å². The van der Waals surface area contributed by atoms with Crippen molar-refractivity contribution < 1.29 is 19.1 Å². The Kier molecular flexibility index (Phi) is 4.45. The first-order valence-corrected chi connectivity index (χ1v) is 5.17. The molecule has 1 amide bonds. The third-order valence-electron chi connectivity index (χ3n) is 2.14. The lowest BCUT2D eigenvalue weighted by molar-refractivity contribution is -0.139. The van der Waals surface area contributed by atoms with Crippen molar-refractivity contribution >= 4 is 11.9 Å². The first kappa shape index (κ1) is 13.0. The highest BCUT2D eigenvalue weighted by molar-refractivity contribution is 5.96. The molecule has 1 heterocycles.